The highest BCUT2D eigenvalue weighted by molar-refractivity contribution is 5.84. The van der Waals surface area contributed by atoms with Gasteiger partial charge in [-0.05, 0) is 25.2 Å². The minimum atomic E-state index is -0.356. The van der Waals surface area contributed by atoms with Crippen molar-refractivity contribution in [3.8, 4) is 0 Å². The van der Waals surface area contributed by atoms with Crippen LogP contribution in [0.1, 0.15) is 46.0 Å². The minimum Gasteiger partial charge on any atom is -0.467 e. The summed E-state index contributed by atoms with van der Waals surface area (Å²) in [4.78, 5) is 25.4. The third-order valence-electron chi connectivity index (χ3n) is 3.52. The fourth-order valence-corrected chi connectivity index (χ4v) is 2.17. The number of carbonyl (C=O) groups is 2. The lowest BCUT2D eigenvalue weighted by molar-refractivity contribution is -0.155. The molecular formula is C13H23NO3. The van der Waals surface area contributed by atoms with Crippen molar-refractivity contribution in [2.24, 2.45) is 5.92 Å². The molecule has 0 spiro atoms. The van der Waals surface area contributed by atoms with Crippen molar-refractivity contribution in [1.29, 1.82) is 0 Å². The highest BCUT2D eigenvalue weighted by atomic mass is 16.5. The van der Waals surface area contributed by atoms with Gasteiger partial charge in [0, 0.05) is 13.0 Å². The number of methoxy groups -OCH3 is 1. The maximum absolute atomic E-state index is 12.1. The Morgan fingerprint density at radius 2 is 2.12 bits per heavy atom. The number of likely N-dealkylation sites (tertiary alicyclic amines) is 1. The Bertz CT molecular complexity index is 278. The molecule has 1 aliphatic rings. The number of rotatable bonds is 4. The molecule has 98 valence electrons. The summed E-state index contributed by atoms with van der Waals surface area (Å²) in [5.74, 6) is 0.194. The minimum absolute atomic E-state index is 0.0921. The van der Waals surface area contributed by atoms with Crippen LogP contribution >= 0.6 is 0 Å². The average Bonchev–Trinajstić information content (AvgIpc) is 2.37. The van der Waals surface area contributed by atoms with Gasteiger partial charge in [-0.15, -0.1) is 0 Å². The summed E-state index contributed by atoms with van der Waals surface area (Å²) in [5.41, 5.74) is 0. The van der Waals surface area contributed by atoms with Gasteiger partial charge >= 0.3 is 5.97 Å². The molecule has 0 aromatic carbocycles. The van der Waals surface area contributed by atoms with Crippen LogP contribution in [0.5, 0.6) is 0 Å². The number of hydrogen-bond donors (Lipinski definition) is 0. The number of piperidine rings is 1. The van der Waals surface area contributed by atoms with E-state index in [1.165, 1.54) is 7.11 Å². The van der Waals surface area contributed by atoms with E-state index >= 15 is 0 Å². The normalized spacial score (nSPS) is 22.1. The van der Waals surface area contributed by atoms with Gasteiger partial charge in [0.2, 0.25) is 5.91 Å². The van der Waals surface area contributed by atoms with Crippen molar-refractivity contribution >= 4 is 11.9 Å². The molecule has 1 saturated heterocycles. The van der Waals surface area contributed by atoms with E-state index in [-0.39, 0.29) is 17.9 Å². The van der Waals surface area contributed by atoms with Gasteiger partial charge in [-0.3, -0.25) is 4.79 Å². The van der Waals surface area contributed by atoms with Gasteiger partial charge in [-0.25, -0.2) is 4.79 Å². The lowest BCUT2D eigenvalue weighted by Gasteiger charge is -2.34. The molecule has 1 amide bonds. The van der Waals surface area contributed by atoms with E-state index in [1.54, 1.807) is 4.90 Å². The first-order valence-electron chi connectivity index (χ1n) is 6.47. The lowest BCUT2D eigenvalue weighted by atomic mass is 9.99. The van der Waals surface area contributed by atoms with Crippen LogP contribution in [0.2, 0.25) is 0 Å². The second kappa shape index (κ2) is 6.62. The van der Waals surface area contributed by atoms with Gasteiger partial charge < -0.3 is 9.64 Å². The summed E-state index contributed by atoms with van der Waals surface area (Å²) in [7, 11) is 1.38. The van der Waals surface area contributed by atoms with Gasteiger partial charge in [0.05, 0.1) is 7.11 Å². The largest absolute Gasteiger partial charge is 0.467 e. The van der Waals surface area contributed by atoms with E-state index in [1.807, 2.05) is 0 Å². The molecule has 0 radical (unpaired) electrons. The second-order valence-corrected chi connectivity index (χ2v) is 4.84. The topological polar surface area (TPSA) is 46.6 Å². The Kier molecular flexibility index (Phi) is 5.45. The molecule has 0 aromatic heterocycles. The molecule has 0 N–H and O–H groups in total. The van der Waals surface area contributed by atoms with Crippen LogP contribution in [0.25, 0.3) is 0 Å². The Balaban J connectivity index is 2.64. The van der Waals surface area contributed by atoms with E-state index in [0.29, 0.717) is 18.9 Å². The molecule has 2 unspecified atom stereocenters. The molecule has 1 rings (SSSR count). The summed E-state index contributed by atoms with van der Waals surface area (Å²) < 4.78 is 4.77. The van der Waals surface area contributed by atoms with E-state index in [4.69, 9.17) is 4.74 Å². The van der Waals surface area contributed by atoms with Gasteiger partial charge in [0.15, 0.2) is 0 Å². The summed E-state index contributed by atoms with van der Waals surface area (Å²) in [6.45, 7) is 4.83. The van der Waals surface area contributed by atoms with Crippen LogP contribution < -0.4 is 0 Å². The highest BCUT2D eigenvalue weighted by Crippen LogP contribution is 2.20. The van der Waals surface area contributed by atoms with Gasteiger partial charge in [0.1, 0.15) is 6.04 Å². The molecule has 0 aliphatic carbocycles. The molecule has 2 atom stereocenters. The molecule has 1 fully saturated rings. The van der Waals surface area contributed by atoms with Crippen LogP contribution in [0.15, 0.2) is 0 Å². The molecule has 0 aromatic rings. The monoisotopic (exact) mass is 241 g/mol. The van der Waals surface area contributed by atoms with Crippen molar-refractivity contribution in [2.75, 3.05) is 13.7 Å². The number of carbonyl (C=O) groups excluding carboxylic acids is 2. The maximum atomic E-state index is 12.1. The van der Waals surface area contributed by atoms with E-state index < -0.39 is 0 Å². The first kappa shape index (κ1) is 14.0. The predicted molar refractivity (Wildman–Crippen MR) is 65.4 cm³/mol. The predicted octanol–water partition coefficient (Wildman–Crippen LogP) is 1.98. The quantitative estimate of drug-likeness (QED) is 0.707. The van der Waals surface area contributed by atoms with Crippen LogP contribution in [0.3, 0.4) is 0 Å². The van der Waals surface area contributed by atoms with Crippen LogP contribution in [-0.4, -0.2) is 36.5 Å². The number of ether oxygens (including phenoxy) is 1. The number of nitrogens with zero attached hydrogens (tertiary/aromatic N) is 1. The second-order valence-electron chi connectivity index (χ2n) is 4.84. The van der Waals surface area contributed by atoms with E-state index in [2.05, 4.69) is 13.8 Å². The van der Waals surface area contributed by atoms with Crippen LogP contribution in [-0.2, 0) is 14.3 Å². The number of esters is 1. The van der Waals surface area contributed by atoms with Crippen molar-refractivity contribution < 1.29 is 14.3 Å². The van der Waals surface area contributed by atoms with Crippen LogP contribution in [0.4, 0.5) is 0 Å². The highest BCUT2D eigenvalue weighted by Gasteiger charge is 2.32. The standard InChI is InChI=1S/C13H23NO3/c1-4-10(2)9-12(15)14-8-6-5-7-11(14)13(16)17-3/h10-11H,4-9H2,1-3H3. The molecule has 1 heterocycles. The van der Waals surface area contributed by atoms with Crippen LogP contribution in [0, 0.1) is 5.92 Å². The SMILES string of the molecule is CCC(C)CC(=O)N1CCCCC1C(=O)OC. The van der Waals surface area contributed by atoms with Crippen molar-refractivity contribution in [2.45, 2.75) is 52.0 Å². The molecule has 17 heavy (non-hydrogen) atoms. The molecular weight excluding hydrogens is 218 g/mol. The molecule has 0 saturated carbocycles. The summed E-state index contributed by atoms with van der Waals surface area (Å²) in [6, 6.07) is -0.356. The first-order chi connectivity index (χ1) is 8.10. The number of hydrogen-bond acceptors (Lipinski definition) is 3. The Hall–Kier alpha value is -1.06. The van der Waals surface area contributed by atoms with Crippen molar-refractivity contribution in [1.82, 2.24) is 4.90 Å². The van der Waals surface area contributed by atoms with Gasteiger partial charge in [-0.1, -0.05) is 20.3 Å². The fourth-order valence-electron chi connectivity index (χ4n) is 2.17. The Morgan fingerprint density at radius 3 is 2.71 bits per heavy atom. The average molecular weight is 241 g/mol. The smallest absolute Gasteiger partial charge is 0.328 e. The lowest BCUT2D eigenvalue weighted by Crippen LogP contribution is -2.48. The van der Waals surface area contributed by atoms with Crippen molar-refractivity contribution in [3.05, 3.63) is 0 Å². The molecule has 1 aliphatic heterocycles. The maximum Gasteiger partial charge on any atom is 0.328 e. The summed E-state index contributed by atoms with van der Waals surface area (Å²) >= 11 is 0. The Morgan fingerprint density at radius 1 is 1.41 bits per heavy atom. The Labute approximate surface area is 103 Å². The van der Waals surface area contributed by atoms with E-state index in [9.17, 15) is 9.59 Å². The molecule has 4 nitrogen and oxygen atoms in total. The van der Waals surface area contributed by atoms with Gasteiger partial charge in [-0.2, -0.15) is 0 Å². The zero-order valence-electron chi connectivity index (χ0n) is 11.1. The first-order valence-corrected chi connectivity index (χ1v) is 6.47. The van der Waals surface area contributed by atoms with Crippen molar-refractivity contribution in [3.63, 3.8) is 0 Å². The zero-order chi connectivity index (χ0) is 12.8. The summed E-state index contributed by atoms with van der Waals surface area (Å²) in [6.07, 6.45) is 4.23. The summed E-state index contributed by atoms with van der Waals surface area (Å²) in [5, 5.41) is 0. The molecule has 4 heteroatoms. The third-order valence-corrected chi connectivity index (χ3v) is 3.52. The zero-order valence-corrected chi connectivity index (χ0v) is 11.1. The molecule has 0 bridgehead atoms. The number of amides is 1. The fraction of sp³-hybridized carbons (Fsp3) is 0.846. The van der Waals surface area contributed by atoms with Gasteiger partial charge in [0.25, 0.3) is 0 Å². The van der Waals surface area contributed by atoms with E-state index in [0.717, 1.165) is 25.7 Å². The third kappa shape index (κ3) is 3.72.